The van der Waals surface area contributed by atoms with Crippen molar-refractivity contribution in [2.24, 2.45) is 0 Å². The molecule has 174 valence electrons. The normalized spacial score (nSPS) is 12.6. The second-order valence-corrected chi connectivity index (χ2v) is 9.89. The standard InChI is InChI=1S/C23H29ClN2O5S/c1-6-26(7-2)32(29,30)19-12-13-21(24)20(14-19)23(28)31-16(5)22(27)25-18-10-8-17(9-11-18)15(3)4/h8-16H,6-7H2,1-5H3,(H,25,27). The number of hydrogen-bond donors (Lipinski definition) is 1. The topological polar surface area (TPSA) is 92.8 Å². The highest BCUT2D eigenvalue weighted by Gasteiger charge is 2.26. The van der Waals surface area contributed by atoms with Gasteiger partial charge in [-0.05, 0) is 48.7 Å². The molecule has 0 radical (unpaired) electrons. The minimum Gasteiger partial charge on any atom is -0.449 e. The number of halogens is 1. The maximum atomic E-state index is 12.7. The molecule has 2 aromatic carbocycles. The van der Waals surface area contributed by atoms with Gasteiger partial charge in [0.2, 0.25) is 10.0 Å². The Balaban J connectivity index is 2.15. The molecule has 1 amide bonds. The Morgan fingerprint density at radius 1 is 1.03 bits per heavy atom. The summed E-state index contributed by atoms with van der Waals surface area (Å²) in [4.78, 5) is 25.0. The fraction of sp³-hybridized carbons (Fsp3) is 0.391. The molecule has 0 aliphatic carbocycles. The van der Waals surface area contributed by atoms with Crippen LogP contribution >= 0.6 is 11.6 Å². The second kappa shape index (κ2) is 10.9. The fourth-order valence-corrected chi connectivity index (χ4v) is 4.69. The molecular formula is C23H29ClN2O5S. The van der Waals surface area contributed by atoms with Crippen molar-refractivity contribution in [3.05, 3.63) is 58.6 Å². The predicted octanol–water partition coefficient (Wildman–Crippen LogP) is 4.68. The van der Waals surface area contributed by atoms with Gasteiger partial charge in [0.05, 0.1) is 15.5 Å². The minimum absolute atomic E-state index is 0.0328. The third-order valence-electron chi connectivity index (χ3n) is 5.00. The molecule has 9 heteroatoms. The number of nitrogens with one attached hydrogen (secondary N) is 1. The average molecular weight is 481 g/mol. The zero-order valence-electron chi connectivity index (χ0n) is 18.9. The van der Waals surface area contributed by atoms with E-state index in [2.05, 4.69) is 19.2 Å². The number of anilines is 1. The lowest BCUT2D eigenvalue weighted by molar-refractivity contribution is -0.123. The third kappa shape index (κ3) is 6.09. The molecule has 1 N–H and O–H groups in total. The van der Waals surface area contributed by atoms with E-state index in [0.717, 1.165) is 5.56 Å². The Kier molecular flexibility index (Phi) is 8.83. The first-order valence-electron chi connectivity index (χ1n) is 10.4. The summed E-state index contributed by atoms with van der Waals surface area (Å²) in [7, 11) is -3.78. The summed E-state index contributed by atoms with van der Waals surface area (Å²) in [5.74, 6) is -1.03. The molecule has 7 nitrogen and oxygen atoms in total. The van der Waals surface area contributed by atoms with Gasteiger partial charge in [0.1, 0.15) is 0 Å². The molecule has 0 aromatic heterocycles. The van der Waals surface area contributed by atoms with Gasteiger partial charge >= 0.3 is 5.97 Å². The molecule has 0 aliphatic rings. The molecule has 32 heavy (non-hydrogen) atoms. The highest BCUT2D eigenvalue weighted by Crippen LogP contribution is 2.24. The molecule has 1 unspecified atom stereocenters. The molecule has 0 heterocycles. The smallest absolute Gasteiger partial charge is 0.340 e. The lowest BCUT2D eigenvalue weighted by Crippen LogP contribution is -2.31. The molecule has 0 fully saturated rings. The summed E-state index contributed by atoms with van der Waals surface area (Å²) in [6, 6.07) is 11.2. The van der Waals surface area contributed by atoms with E-state index in [0.29, 0.717) is 11.6 Å². The van der Waals surface area contributed by atoms with Gasteiger partial charge in [0, 0.05) is 18.8 Å². The minimum atomic E-state index is -3.78. The predicted molar refractivity (Wildman–Crippen MR) is 126 cm³/mol. The molecule has 0 saturated carbocycles. The Labute approximate surface area is 194 Å². The van der Waals surface area contributed by atoms with Gasteiger partial charge in [0.15, 0.2) is 6.10 Å². The van der Waals surface area contributed by atoms with Crippen LogP contribution in [0.4, 0.5) is 5.69 Å². The Bertz CT molecular complexity index is 1060. The molecule has 1 atom stereocenters. The first kappa shape index (κ1) is 25.8. The van der Waals surface area contributed by atoms with Gasteiger partial charge in [-0.1, -0.05) is 51.4 Å². The lowest BCUT2D eigenvalue weighted by atomic mass is 10.0. The highest BCUT2D eigenvalue weighted by atomic mass is 35.5. The number of sulfonamides is 1. The number of rotatable bonds is 9. The first-order chi connectivity index (χ1) is 15.0. The van der Waals surface area contributed by atoms with E-state index in [-0.39, 0.29) is 28.6 Å². The van der Waals surface area contributed by atoms with E-state index in [9.17, 15) is 18.0 Å². The number of carbonyl (C=O) groups excluding carboxylic acids is 2. The Morgan fingerprint density at radius 2 is 1.62 bits per heavy atom. The van der Waals surface area contributed by atoms with Crippen LogP contribution < -0.4 is 5.32 Å². The molecule has 0 aliphatic heterocycles. The van der Waals surface area contributed by atoms with Crippen molar-refractivity contribution in [2.45, 2.75) is 51.5 Å². The molecule has 0 bridgehead atoms. The average Bonchev–Trinajstić information content (AvgIpc) is 2.74. The van der Waals surface area contributed by atoms with Crippen molar-refractivity contribution in [3.63, 3.8) is 0 Å². The van der Waals surface area contributed by atoms with Crippen molar-refractivity contribution in [2.75, 3.05) is 18.4 Å². The largest absolute Gasteiger partial charge is 0.449 e. The number of carbonyl (C=O) groups is 2. The van der Waals surface area contributed by atoms with E-state index >= 15 is 0 Å². The van der Waals surface area contributed by atoms with Gasteiger partial charge in [-0.3, -0.25) is 4.79 Å². The van der Waals surface area contributed by atoms with Crippen LogP contribution in [0.2, 0.25) is 5.02 Å². The van der Waals surface area contributed by atoms with E-state index in [1.54, 1.807) is 26.0 Å². The molecule has 0 spiro atoms. The number of esters is 1. The van der Waals surface area contributed by atoms with Crippen LogP contribution in [0.15, 0.2) is 47.4 Å². The Morgan fingerprint density at radius 3 is 2.16 bits per heavy atom. The molecule has 0 saturated heterocycles. The molecular weight excluding hydrogens is 452 g/mol. The highest BCUT2D eigenvalue weighted by molar-refractivity contribution is 7.89. The maximum Gasteiger partial charge on any atom is 0.340 e. The van der Waals surface area contributed by atoms with E-state index in [1.165, 1.54) is 29.4 Å². The van der Waals surface area contributed by atoms with E-state index in [1.807, 2.05) is 12.1 Å². The monoisotopic (exact) mass is 480 g/mol. The van der Waals surface area contributed by atoms with Crippen molar-refractivity contribution >= 4 is 39.2 Å². The summed E-state index contributed by atoms with van der Waals surface area (Å²) in [5, 5.41) is 2.73. The van der Waals surface area contributed by atoms with Crippen molar-refractivity contribution in [1.29, 1.82) is 0 Å². The number of nitrogens with zero attached hydrogens (tertiary/aromatic N) is 1. The molecule has 2 aromatic rings. The quantitative estimate of drug-likeness (QED) is 0.526. The SMILES string of the molecule is CCN(CC)S(=O)(=O)c1ccc(Cl)c(C(=O)OC(C)C(=O)Nc2ccc(C(C)C)cc2)c1. The summed E-state index contributed by atoms with van der Waals surface area (Å²) < 4.78 is 32.0. The lowest BCUT2D eigenvalue weighted by Gasteiger charge is -2.19. The van der Waals surface area contributed by atoms with Crippen molar-refractivity contribution in [1.82, 2.24) is 4.31 Å². The summed E-state index contributed by atoms with van der Waals surface area (Å²) in [6.45, 7) is 9.60. The number of hydrogen-bond acceptors (Lipinski definition) is 5. The summed E-state index contributed by atoms with van der Waals surface area (Å²) in [6.07, 6.45) is -1.12. The van der Waals surface area contributed by atoms with Crippen molar-refractivity contribution in [3.8, 4) is 0 Å². The third-order valence-corrected chi connectivity index (χ3v) is 7.37. The maximum absolute atomic E-state index is 12.7. The number of amides is 1. The molecule has 2 rings (SSSR count). The zero-order valence-corrected chi connectivity index (χ0v) is 20.5. The first-order valence-corrected chi connectivity index (χ1v) is 12.2. The van der Waals surface area contributed by atoms with Crippen LogP contribution in [-0.2, 0) is 19.6 Å². The second-order valence-electron chi connectivity index (χ2n) is 7.54. The summed E-state index contributed by atoms with van der Waals surface area (Å²) in [5.41, 5.74) is 1.59. The van der Waals surface area contributed by atoms with Gasteiger partial charge < -0.3 is 10.1 Å². The fourth-order valence-electron chi connectivity index (χ4n) is 3.01. The van der Waals surface area contributed by atoms with Crippen LogP contribution in [0.1, 0.15) is 56.5 Å². The van der Waals surface area contributed by atoms with E-state index in [4.69, 9.17) is 16.3 Å². The van der Waals surface area contributed by atoms with Crippen LogP contribution in [-0.4, -0.2) is 43.8 Å². The zero-order chi connectivity index (χ0) is 24.1. The van der Waals surface area contributed by atoms with Crippen LogP contribution in [0.5, 0.6) is 0 Å². The van der Waals surface area contributed by atoms with Crippen LogP contribution in [0.25, 0.3) is 0 Å². The van der Waals surface area contributed by atoms with E-state index < -0.39 is 28.0 Å². The van der Waals surface area contributed by atoms with Gasteiger partial charge in [-0.25, -0.2) is 13.2 Å². The van der Waals surface area contributed by atoms with Crippen LogP contribution in [0.3, 0.4) is 0 Å². The number of benzene rings is 2. The summed E-state index contributed by atoms with van der Waals surface area (Å²) >= 11 is 6.11. The van der Waals surface area contributed by atoms with Gasteiger partial charge in [-0.2, -0.15) is 4.31 Å². The van der Waals surface area contributed by atoms with Gasteiger partial charge in [0.25, 0.3) is 5.91 Å². The van der Waals surface area contributed by atoms with Crippen molar-refractivity contribution < 1.29 is 22.7 Å². The van der Waals surface area contributed by atoms with Gasteiger partial charge in [-0.15, -0.1) is 0 Å². The van der Waals surface area contributed by atoms with Crippen LogP contribution in [0, 0.1) is 0 Å². The Hall–Kier alpha value is -2.42. The number of ether oxygens (including phenoxy) is 1.